The van der Waals surface area contributed by atoms with Crippen molar-refractivity contribution < 1.29 is 0 Å². The average Bonchev–Trinajstić information content (AvgIpc) is 3.22. The van der Waals surface area contributed by atoms with Gasteiger partial charge in [0.25, 0.3) is 0 Å². The molecule has 0 fully saturated rings. The lowest BCUT2D eigenvalue weighted by molar-refractivity contribution is 0.941. The van der Waals surface area contributed by atoms with Crippen molar-refractivity contribution in [2.75, 3.05) is 0 Å². The number of hydrogen-bond acceptors (Lipinski definition) is 3. The molecule has 2 aromatic heterocycles. The minimum Gasteiger partial charge on any atom is -0.297 e. The van der Waals surface area contributed by atoms with Gasteiger partial charge in [-0.25, -0.2) is 9.97 Å². The number of aryl methyl sites for hydroxylation is 2. The first-order valence-corrected chi connectivity index (χ1v) is 11.4. The van der Waals surface area contributed by atoms with Crippen molar-refractivity contribution in [2.45, 2.75) is 39.0 Å². The van der Waals surface area contributed by atoms with Gasteiger partial charge in [0.05, 0.1) is 16.8 Å². The Balaban J connectivity index is 1.94. The molecule has 29 heavy (non-hydrogen) atoms. The molecule has 0 radical (unpaired) electrons. The van der Waals surface area contributed by atoms with Gasteiger partial charge in [0.1, 0.15) is 16.5 Å². The van der Waals surface area contributed by atoms with Crippen LogP contribution in [0.3, 0.4) is 0 Å². The number of hydrogen-bond donors (Lipinski definition) is 0. The van der Waals surface area contributed by atoms with Crippen LogP contribution in [0.5, 0.6) is 0 Å². The van der Waals surface area contributed by atoms with Crippen LogP contribution < -0.4 is 0 Å². The topological polar surface area (TPSA) is 30.7 Å². The van der Waals surface area contributed by atoms with Crippen LogP contribution in [0.1, 0.15) is 35.4 Å². The number of nitrogens with zero attached hydrogens (tertiary/aromatic N) is 3. The smallest absolute Gasteiger partial charge is 0.144 e. The molecule has 7 heteroatoms. The zero-order valence-electron chi connectivity index (χ0n) is 16.3. The summed E-state index contributed by atoms with van der Waals surface area (Å²) in [6.45, 7) is 6.27. The molecule has 0 saturated heterocycles. The van der Waals surface area contributed by atoms with Crippen LogP contribution >= 0.6 is 46.1 Å². The number of thiazole rings is 1. The van der Waals surface area contributed by atoms with Crippen LogP contribution in [0.25, 0.3) is 22.0 Å². The van der Waals surface area contributed by atoms with E-state index < -0.39 is 0 Å². The van der Waals surface area contributed by atoms with E-state index in [9.17, 15) is 0 Å². The Morgan fingerprint density at radius 1 is 1.10 bits per heavy atom. The van der Waals surface area contributed by atoms with Crippen molar-refractivity contribution >= 4 is 51.7 Å². The maximum atomic E-state index is 6.68. The Hall–Kier alpha value is -1.59. The molecular formula is C22H20Cl3N3S. The Morgan fingerprint density at radius 2 is 1.83 bits per heavy atom. The van der Waals surface area contributed by atoms with Crippen LogP contribution in [0.2, 0.25) is 5.02 Å². The molecule has 0 N–H and O–H groups in total. The van der Waals surface area contributed by atoms with Gasteiger partial charge in [0.15, 0.2) is 0 Å². The number of halogens is 3. The highest BCUT2D eigenvalue weighted by Gasteiger charge is 2.26. The maximum Gasteiger partial charge on any atom is 0.144 e. The van der Waals surface area contributed by atoms with E-state index in [1.54, 1.807) is 11.3 Å². The molecule has 4 rings (SSSR count). The quantitative estimate of drug-likeness (QED) is 0.378. The summed E-state index contributed by atoms with van der Waals surface area (Å²) in [6, 6.07) is 7.74. The fourth-order valence-corrected chi connectivity index (χ4v) is 5.31. The molecule has 0 aliphatic heterocycles. The number of benzene rings is 1. The second kappa shape index (κ2) is 8.27. The van der Waals surface area contributed by atoms with Crippen molar-refractivity contribution in [2.24, 2.45) is 0 Å². The molecule has 1 unspecified atom stereocenters. The third-order valence-corrected chi connectivity index (χ3v) is 7.25. The summed E-state index contributed by atoms with van der Waals surface area (Å²) in [6.07, 6.45) is 5.42. The summed E-state index contributed by atoms with van der Waals surface area (Å²) in [4.78, 5) is 11.1. The summed E-state index contributed by atoms with van der Waals surface area (Å²) < 4.78 is 2.13. The van der Waals surface area contributed by atoms with Gasteiger partial charge >= 0.3 is 0 Å². The first-order chi connectivity index (χ1) is 13.9. The van der Waals surface area contributed by atoms with Gasteiger partial charge < -0.3 is 0 Å². The molecule has 1 aliphatic rings. The van der Waals surface area contributed by atoms with Crippen LogP contribution in [0.15, 0.2) is 41.4 Å². The van der Waals surface area contributed by atoms with E-state index in [0.717, 1.165) is 50.6 Å². The predicted molar refractivity (Wildman–Crippen MR) is 125 cm³/mol. The zero-order valence-corrected chi connectivity index (χ0v) is 19.4. The number of imidazole rings is 1. The second-order valence-corrected chi connectivity index (χ2v) is 9.50. The van der Waals surface area contributed by atoms with Gasteiger partial charge in [-0.1, -0.05) is 36.2 Å². The van der Waals surface area contributed by atoms with E-state index in [1.807, 2.05) is 36.4 Å². The van der Waals surface area contributed by atoms with Gasteiger partial charge in [0.2, 0.25) is 0 Å². The molecule has 0 amide bonds. The lowest BCUT2D eigenvalue weighted by Gasteiger charge is -2.19. The molecule has 3 aromatic rings. The largest absolute Gasteiger partial charge is 0.297 e. The number of aromatic nitrogens is 3. The molecule has 150 valence electrons. The number of rotatable bonds is 4. The van der Waals surface area contributed by atoms with E-state index in [1.165, 1.54) is 4.88 Å². The third-order valence-electron chi connectivity index (χ3n) is 5.02. The highest BCUT2D eigenvalue weighted by atomic mass is 35.5. The van der Waals surface area contributed by atoms with E-state index in [0.29, 0.717) is 11.4 Å². The van der Waals surface area contributed by atoms with Crippen molar-refractivity contribution in [3.63, 3.8) is 0 Å². The van der Waals surface area contributed by atoms with Crippen LogP contribution in [0, 0.1) is 13.8 Å². The van der Waals surface area contributed by atoms with E-state index in [2.05, 4.69) is 25.3 Å². The molecule has 0 saturated carbocycles. The number of allylic oxidation sites excluding steroid dienone is 4. The molecular weight excluding hydrogens is 445 g/mol. The summed E-state index contributed by atoms with van der Waals surface area (Å²) in [5, 5.41) is 2.14. The van der Waals surface area contributed by atoms with Crippen molar-refractivity contribution in [3.05, 3.63) is 68.6 Å². The van der Waals surface area contributed by atoms with Crippen molar-refractivity contribution in [1.82, 2.24) is 14.5 Å². The first-order valence-electron chi connectivity index (χ1n) is 9.41. The monoisotopic (exact) mass is 463 g/mol. The van der Waals surface area contributed by atoms with Crippen LogP contribution in [-0.4, -0.2) is 19.9 Å². The highest BCUT2D eigenvalue weighted by molar-refractivity contribution is 7.15. The summed E-state index contributed by atoms with van der Waals surface area (Å²) in [7, 11) is 0. The van der Waals surface area contributed by atoms with Crippen LogP contribution in [-0.2, 0) is 6.42 Å². The van der Waals surface area contributed by atoms with Gasteiger partial charge in [-0.15, -0.1) is 22.9 Å². The molecule has 1 aromatic carbocycles. The van der Waals surface area contributed by atoms with Gasteiger partial charge in [-0.2, -0.15) is 0 Å². The normalized spacial score (nSPS) is 16.7. The average molecular weight is 465 g/mol. The Bertz CT molecular complexity index is 1120. The predicted octanol–water partition coefficient (Wildman–Crippen LogP) is 7.35. The summed E-state index contributed by atoms with van der Waals surface area (Å²) in [5.74, 6) is 0.811. The van der Waals surface area contributed by atoms with Crippen LogP contribution in [0.4, 0.5) is 0 Å². The van der Waals surface area contributed by atoms with Gasteiger partial charge in [-0.05, 0) is 50.6 Å². The van der Waals surface area contributed by atoms with E-state index in [-0.39, 0.29) is 5.38 Å². The van der Waals surface area contributed by atoms with Crippen molar-refractivity contribution in [1.29, 1.82) is 0 Å². The minimum atomic E-state index is -0.238. The Kier molecular flexibility index (Phi) is 5.90. The summed E-state index contributed by atoms with van der Waals surface area (Å²) >= 11 is 20.7. The highest BCUT2D eigenvalue weighted by Crippen LogP contribution is 2.38. The maximum absolute atomic E-state index is 6.68. The summed E-state index contributed by atoms with van der Waals surface area (Å²) in [5.41, 5.74) is 4.90. The zero-order chi connectivity index (χ0) is 20.7. The molecule has 3 nitrogen and oxygen atoms in total. The second-order valence-electron chi connectivity index (χ2n) is 6.97. The van der Waals surface area contributed by atoms with Crippen molar-refractivity contribution in [3.8, 4) is 16.4 Å². The standard InChI is InChI=1S/C22H20Cl3N3S/c1-4-19-12(2)26-22(29-19)20-13(3)28(16-8-5-14(23)6-9-16)21(27-20)17-10-7-15(24)11-18(17)25/h5-10,18H,4,11H2,1-3H3. The fraction of sp³-hybridized carbons (Fsp3) is 0.273. The molecule has 2 heterocycles. The Labute approximate surface area is 189 Å². The molecule has 0 spiro atoms. The van der Waals surface area contributed by atoms with Gasteiger partial charge in [-0.3, -0.25) is 4.57 Å². The lowest BCUT2D eigenvalue weighted by Crippen LogP contribution is -2.11. The molecule has 0 bridgehead atoms. The molecule has 1 aliphatic carbocycles. The third kappa shape index (κ3) is 3.91. The Morgan fingerprint density at radius 3 is 2.45 bits per heavy atom. The fourth-order valence-electron chi connectivity index (χ4n) is 3.51. The van der Waals surface area contributed by atoms with E-state index >= 15 is 0 Å². The number of alkyl halides is 1. The first kappa shape index (κ1) is 20.7. The molecule has 1 atom stereocenters. The van der Waals surface area contributed by atoms with E-state index in [4.69, 9.17) is 44.8 Å². The van der Waals surface area contributed by atoms with Gasteiger partial charge in [0, 0.05) is 32.6 Å². The SMILES string of the molecule is CCc1sc(-c2nc(C3=CC=C(Cl)CC3Cl)n(-c3ccc(Cl)cc3)c2C)nc1C. The lowest BCUT2D eigenvalue weighted by atomic mass is 10.0. The minimum absolute atomic E-state index is 0.238.